The number of phenolic OH excluding ortho intramolecular Hbond substituents is 1. The van der Waals surface area contributed by atoms with Gasteiger partial charge >= 0.3 is 0 Å². The van der Waals surface area contributed by atoms with Gasteiger partial charge in [0.15, 0.2) is 0 Å². The number of hydrogen-bond donors (Lipinski definition) is 2. The third kappa shape index (κ3) is 4.67. The molecule has 90 valence electrons. The minimum Gasteiger partial charge on any atom is -0.508 e. The van der Waals surface area contributed by atoms with E-state index < -0.39 is 0 Å². The molecule has 1 aromatic rings. The quantitative estimate of drug-likeness (QED) is 0.741. The van der Waals surface area contributed by atoms with Crippen LogP contribution in [0, 0.1) is 0 Å². The molecule has 0 saturated carbocycles. The van der Waals surface area contributed by atoms with Crippen molar-refractivity contribution in [2.45, 2.75) is 45.6 Å². The zero-order valence-electron chi connectivity index (χ0n) is 10.4. The summed E-state index contributed by atoms with van der Waals surface area (Å²) in [6.07, 6.45) is 4.73. The highest BCUT2D eigenvalue weighted by molar-refractivity contribution is 5.25. The fraction of sp³-hybridized carbons (Fsp3) is 0.571. The van der Waals surface area contributed by atoms with Crippen LogP contribution in [0.3, 0.4) is 0 Å². The molecule has 0 heterocycles. The molecule has 1 unspecified atom stereocenters. The van der Waals surface area contributed by atoms with Crippen LogP contribution >= 0.6 is 0 Å². The maximum atomic E-state index is 9.17. The van der Waals surface area contributed by atoms with Crippen LogP contribution in [0.2, 0.25) is 0 Å². The van der Waals surface area contributed by atoms with Crippen molar-refractivity contribution in [1.29, 1.82) is 0 Å². The van der Waals surface area contributed by atoms with Gasteiger partial charge < -0.3 is 10.4 Å². The Balaban J connectivity index is 2.26. The SMILES string of the molecule is CCNC(CC)CCCc1ccc(O)cc1. The van der Waals surface area contributed by atoms with Crippen molar-refractivity contribution < 1.29 is 5.11 Å². The Bertz CT molecular complexity index is 281. The van der Waals surface area contributed by atoms with Crippen LogP contribution in [0.15, 0.2) is 24.3 Å². The van der Waals surface area contributed by atoms with Gasteiger partial charge in [-0.2, -0.15) is 0 Å². The molecule has 1 atom stereocenters. The monoisotopic (exact) mass is 221 g/mol. The van der Waals surface area contributed by atoms with Crippen molar-refractivity contribution in [3.8, 4) is 5.75 Å². The maximum Gasteiger partial charge on any atom is 0.115 e. The molecule has 2 nitrogen and oxygen atoms in total. The normalized spacial score (nSPS) is 12.6. The van der Waals surface area contributed by atoms with Gasteiger partial charge in [0.25, 0.3) is 0 Å². The summed E-state index contributed by atoms with van der Waals surface area (Å²) in [6.45, 7) is 5.44. The minimum atomic E-state index is 0.350. The van der Waals surface area contributed by atoms with Crippen LogP contribution in [0.1, 0.15) is 38.7 Å². The Morgan fingerprint density at radius 1 is 1.19 bits per heavy atom. The van der Waals surface area contributed by atoms with E-state index in [1.165, 1.54) is 24.8 Å². The Kier molecular flexibility index (Phi) is 5.94. The number of rotatable bonds is 7. The van der Waals surface area contributed by atoms with Gasteiger partial charge in [-0.15, -0.1) is 0 Å². The Hall–Kier alpha value is -1.02. The molecule has 0 aliphatic rings. The van der Waals surface area contributed by atoms with Gasteiger partial charge in [-0.1, -0.05) is 26.0 Å². The van der Waals surface area contributed by atoms with Gasteiger partial charge in [0.1, 0.15) is 5.75 Å². The predicted molar refractivity (Wildman–Crippen MR) is 68.8 cm³/mol. The third-order valence-corrected chi connectivity index (χ3v) is 2.94. The van der Waals surface area contributed by atoms with Crippen LogP contribution in [-0.4, -0.2) is 17.7 Å². The number of phenols is 1. The van der Waals surface area contributed by atoms with Crippen molar-refractivity contribution in [2.75, 3.05) is 6.54 Å². The Labute approximate surface area is 98.7 Å². The summed E-state index contributed by atoms with van der Waals surface area (Å²) < 4.78 is 0. The number of nitrogens with one attached hydrogen (secondary N) is 1. The second kappa shape index (κ2) is 7.29. The van der Waals surface area contributed by atoms with Gasteiger partial charge in [0.2, 0.25) is 0 Å². The summed E-state index contributed by atoms with van der Waals surface area (Å²) in [7, 11) is 0. The second-order valence-electron chi connectivity index (χ2n) is 4.22. The standard InChI is InChI=1S/C14H23NO/c1-3-13(15-4-2)7-5-6-12-8-10-14(16)11-9-12/h8-11,13,15-16H,3-7H2,1-2H3. The molecule has 2 N–H and O–H groups in total. The second-order valence-corrected chi connectivity index (χ2v) is 4.22. The molecule has 0 saturated heterocycles. The topological polar surface area (TPSA) is 32.3 Å². The molecule has 0 bridgehead atoms. The lowest BCUT2D eigenvalue weighted by Gasteiger charge is -2.15. The van der Waals surface area contributed by atoms with E-state index in [2.05, 4.69) is 19.2 Å². The Morgan fingerprint density at radius 2 is 1.88 bits per heavy atom. The van der Waals surface area contributed by atoms with E-state index in [1.807, 2.05) is 12.1 Å². The summed E-state index contributed by atoms with van der Waals surface area (Å²) in [5, 5.41) is 12.7. The number of hydrogen-bond acceptors (Lipinski definition) is 2. The van der Waals surface area contributed by atoms with E-state index in [0.717, 1.165) is 13.0 Å². The third-order valence-electron chi connectivity index (χ3n) is 2.94. The molecule has 0 amide bonds. The van der Waals surface area contributed by atoms with Crippen molar-refractivity contribution in [3.05, 3.63) is 29.8 Å². The summed E-state index contributed by atoms with van der Waals surface area (Å²) in [6, 6.07) is 8.18. The molecule has 0 aromatic heterocycles. The molecule has 0 aliphatic carbocycles. The molecular weight excluding hydrogens is 198 g/mol. The average molecular weight is 221 g/mol. The van der Waals surface area contributed by atoms with E-state index in [-0.39, 0.29) is 0 Å². The lowest BCUT2D eigenvalue weighted by molar-refractivity contribution is 0.466. The van der Waals surface area contributed by atoms with Gasteiger partial charge in [0, 0.05) is 6.04 Å². The van der Waals surface area contributed by atoms with Crippen molar-refractivity contribution in [3.63, 3.8) is 0 Å². The van der Waals surface area contributed by atoms with Gasteiger partial charge in [-0.05, 0) is 49.9 Å². The molecule has 0 spiro atoms. The highest BCUT2D eigenvalue weighted by Crippen LogP contribution is 2.13. The number of benzene rings is 1. The van der Waals surface area contributed by atoms with E-state index >= 15 is 0 Å². The first kappa shape index (κ1) is 13.0. The van der Waals surface area contributed by atoms with Crippen LogP contribution in [0.25, 0.3) is 0 Å². The fourth-order valence-corrected chi connectivity index (χ4v) is 1.95. The van der Waals surface area contributed by atoms with Gasteiger partial charge in [-0.25, -0.2) is 0 Å². The lowest BCUT2D eigenvalue weighted by Crippen LogP contribution is -2.27. The highest BCUT2D eigenvalue weighted by atomic mass is 16.3. The van der Waals surface area contributed by atoms with Crippen LogP contribution in [0.4, 0.5) is 0 Å². The van der Waals surface area contributed by atoms with Crippen molar-refractivity contribution in [1.82, 2.24) is 5.32 Å². The zero-order valence-corrected chi connectivity index (χ0v) is 10.4. The van der Waals surface area contributed by atoms with E-state index in [4.69, 9.17) is 5.11 Å². The van der Waals surface area contributed by atoms with E-state index in [0.29, 0.717) is 11.8 Å². The van der Waals surface area contributed by atoms with E-state index in [1.54, 1.807) is 12.1 Å². The van der Waals surface area contributed by atoms with E-state index in [9.17, 15) is 0 Å². The van der Waals surface area contributed by atoms with Crippen LogP contribution in [0.5, 0.6) is 5.75 Å². The van der Waals surface area contributed by atoms with Crippen molar-refractivity contribution in [2.24, 2.45) is 0 Å². The average Bonchev–Trinajstić information content (AvgIpc) is 2.30. The maximum absolute atomic E-state index is 9.17. The predicted octanol–water partition coefficient (Wildman–Crippen LogP) is 3.10. The number of aromatic hydroxyl groups is 1. The number of aryl methyl sites for hydroxylation is 1. The van der Waals surface area contributed by atoms with Gasteiger partial charge in [0.05, 0.1) is 0 Å². The summed E-state index contributed by atoms with van der Waals surface area (Å²) >= 11 is 0. The zero-order chi connectivity index (χ0) is 11.8. The van der Waals surface area contributed by atoms with Crippen LogP contribution in [-0.2, 0) is 6.42 Å². The Morgan fingerprint density at radius 3 is 2.44 bits per heavy atom. The highest BCUT2D eigenvalue weighted by Gasteiger charge is 2.03. The molecular formula is C14H23NO. The molecule has 0 radical (unpaired) electrons. The van der Waals surface area contributed by atoms with Crippen molar-refractivity contribution >= 4 is 0 Å². The molecule has 0 fully saturated rings. The first-order valence-electron chi connectivity index (χ1n) is 6.27. The molecule has 2 heteroatoms. The largest absolute Gasteiger partial charge is 0.508 e. The first-order valence-corrected chi connectivity index (χ1v) is 6.27. The lowest BCUT2D eigenvalue weighted by atomic mass is 10.0. The smallest absolute Gasteiger partial charge is 0.115 e. The van der Waals surface area contributed by atoms with Crippen LogP contribution < -0.4 is 5.32 Å². The molecule has 0 aliphatic heterocycles. The molecule has 16 heavy (non-hydrogen) atoms. The summed E-state index contributed by atoms with van der Waals surface area (Å²) in [4.78, 5) is 0. The molecule has 1 aromatic carbocycles. The first-order chi connectivity index (χ1) is 7.76. The summed E-state index contributed by atoms with van der Waals surface area (Å²) in [5.74, 6) is 0.350. The summed E-state index contributed by atoms with van der Waals surface area (Å²) in [5.41, 5.74) is 1.31. The fourth-order valence-electron chi connectivity index (χ4n) is 1.95. The minimum absolute atomic E-state index is 0.350. The van der Waals surface area contributed by atoms with Gasteiger partial charge in [-0.3, -0.25) is 0 Å². The molecule has 1 rings (SSSR count).